The summed E-state index contributed by atoms with van der Waals surface area (Å²) in [7, 11) is -3.83. The van der Waals surface area contributed by atoms with E-state index in [0.717, 1.165) is 31.7 Å². The summed E-state index contributed by atoms with van der Waals surface area (Å²) >= 11 is 9.51. The van der Waals surface area contributed by atoms with Crippen molar-refractivity contribution in [1.82, 2.24) is 10.2 Å². The quantitative estimate of drug-likeness (QED) is 0.309. The summed E-state index contributed by atoms with van der Waals surface area (Å²) in [4.78, 5) is 29.0. The minimum absolute atomic E-state index is 0.0932. The van der Waals surface area contributed by atoms with Gasteiger partial charge in [-0.25, -0.2) is 8.42 Å². The molecule has 3 aromatic rings. The van der Waals surface area contributed by atoms with Gasteiger partial charge in [-0.05, 0) is 67.8 Å². The maximum Gasteiger partial charge on any atom is 0.244 e. The molecule has 0 bridgehead atoms. The van der Waals surface area contributed by atoms with Gasteiger partial charge in [0.1, 0.15) is 12.6 Å². The third kappa shape index (κ3) is 8.81. The molecule has 0 aromatic heterocycles. The Hall–Kier alpha value is -2.88. The standard InChI is InChI=1S/C29H33BrClN3O4S/c1-20(2)32-29(36)27(17-22-8-6-5-7-9-22)33(18-23-10-12-24(31)13-11-23)28(35)19-34(39(4,37)38)25-14-15-26(30)21(3)16-25/h5-16,20,27H,17-19H2,1-4H3,(H,32,36). The fourth-order valence-corrected chi connectivity index (χ4v) is 5.33. The molecule has 2 amide bonds. The second-order valence-corrected chi connectivity index (χ2v) is 12.9. The molecular formula is C29H33BrClN3O4S. The third-order valence-electron chi connectivity index (χ3n) is 6.08. The molecule has 0 fully saturated rings. The van der Waals surface area contributed by atoms with Crippen LogP contribution in [0.2, 0.25) is 5.02 Å². The average molecular weight is 635 g/mol. The summed E-state index contributed by atoms with van der Waals surface area (Å²) in [6.45, 7) is 5.17. The molecule has 0 saturated carbocycles. The summed E-state index contributed by atoms with van der Waals surface area (Å²) in [6.07, 6.45) is 1.32. The summed E-state index contributed by atoms with van der Waals surface area (Å²) in [5, 5.41) is 3.48. The lowest BCUT2D eigenvalue weighted by molar-refractivity contribution is -0.140. The number of amides is 2. The molecule has 1 unspecified atom stereocenters. The Morgan fingerprint density at radius 1 is 0.974 bits per heavy atom. The van der Waals surface area contributed by atoms with Gasteiger partial charge >= 0.3 is 0 Å². The molecule has 0 spiro atoms. The zero-order valence-corrected chi connectivity index (χ0v) is 25.6. The van der Waals surface area contributed by atoms with E-state index in [9.17, 15) is 18.0 Å². The highest BCUT2D eigenvalue weighted by Crippen LogP contribution is 2.25. The van der Waals surface area contributed by atoms with E-state index in [2.05, 4.69) is 21.2 Å². The molecule has 0 aliphatic carbocycles. The van der Waals surface area contributed by atoms with Gasteiger partial charge in [0.2, 0.25) is 21.8 Å². The van der Waals surface area contributed by atoms with Gasteiger partial charge in [0.15, 0.2) is 0 Å². The molecule has 10 heteroatoms. The lowest BCUT2D eigenvalue weighted by Gasteiger charge is -2.34. The predicted octanol–water partition coefficient (Wildman–Crippen LogP) is 5.34. The van der Waals surface area contributed by atoms with Crippen LogP contribution in [0.4, 0.5) is 5.69 Å². The predicted molar refractivity (Wildman–Crippen MR) is 160 cm³/mol. The van der Waals surface area contributed by atoms with Crippen molar-refractivity contribution < 1.29 is 18.0 Å². The number of benzene rings is 3. The number of hydrogen-bond donors (Lipinski definition) is 1. The van der Waals surface area contributed by atoms with Crippen molar-refractivity contribution in [3.8, 4) is 0 Å². The lowest BCUT2D eigenvalue weighted by atomic mass is 10.0. The molecule has 39 heavy (non-hydrogen) atoms. The molecule has 7 nitrogen and oxygen atoms in total. The highest BCUT2D eigenvalue weighted by atomic mass is 79.9. The second-order valence-electron chi connectivity index (χ2n) is 9.72. The molecule has 3 rings (SSSR count). The monoisotopic (exact) mass is 633 g/mol. The SMILES string of the molecule is Cc1cc(N(CC(=O)N(Cc2ccc(Cl)cc2)C(Cc2ccccc2)C(=O)NC(C)C)S(C)(=O)=O)ccc1Br. The highest BCUT2D eigenvalue weighted by Gasteiger charge is 2.33. The number of aryl methyl sites for hydroxylation is 1. The molecule has 0 saturated heterocycles. The maximum absolute atomic E-state index is 14.0. The van der Waals surface area contributed by atoms with E-state index < -0.39 is 28.5 Å². The molecule has 3 aromatic carbocycles. The molecule has 208 valence electrons. The first-order chi connectivity index (χ1) is 18.3. The van der Waals surface area contributed by atoms with Gasteiger partial charge in [-0.15, -0.1) is 0 Å². The van der Waals surface area contributed by atoms with Crippen LogP contribution in [-0.4, -0.2) is 50.0 Å². The summed E-state index contributed by atoms with van der Waals surface area (Å²) in [6, 6.07) is 20.5. The number of hydrogen-bond acceptors (Lipinski definition) is 4. The Labute approximate surface area is 244 Å². The Bertz CT molecular complexity index is 1400. The van der Waals surface area contributed by atoms with E-state index in [1.165, 1.54) is 4.90 Å². The van der Waals surface area contributed by atoms with Crippen LogP contribution in [0.15, 0.2) is 77.3 Å². The van der Waals surface area contributed by atoms with Gasteiger partial charge in [0, 0.05) is 28.5 Å². The third-order valence-corrected chi connectivity index (χ3v) is 8.36. The molecule has 0 aliphatic rings. The minimum Gasteiger partial charge on any atom is -0.352 e. The van der Waals surface area contributed by atoms with Gasteiger partial charge < -0.3 is 10.2 Å². The Kier molecular flexibility index (Phi) is 10.6. The number of carbonyl (C=O) groups is 2. The van der Waals surface area contributed by atoms with Crippen LogP contribution in [0.5, 0.6) is 0 Å². The Morgan fingerprint density at radius 2 is 1.62 bits per heavy atom. The van der Waals surface area contributed by atoms with Crippen molar-refractivity contribution in [2.75, 3.05) is 17.1 Å². The number of nitrogens with one attached hydrogen (secondary N) is 1. The topological polar surface area (TPSA) is 86.8 Å². The van der Waals surface area contributed by atoms with Gasteiger partial charge in [0.05, 0.1) is 11.9 Å². The van der Waals surface area contributed by atoms with Crippen LogP contribution in [0.1, 0.15) is 30.5 Å². The number of anilines is 1. The lowest BCUT2D eigenvalue weighted by Crippen LogP contribution is -2.54. The number of sulfonamides is 1. The van der Waals surface area contributed by atoms with E-state index >= 15 is 0 Å². The summed E-state index contributed by atoms with van der Waals surface area (Å²) in [5.74, 6) is -0.822. The van der Waals surface area contributed by atoms with Crippen LogP contribution in [-0.2, 0) is 32.6 Å². The summed E-state index contributed by atoms with van der Waals surface area (Å²) < 4.78 is 27.6. The van der Waals surface area contributed by atoms with Gasteiger partial charge in [-0.2, -0.15) is 0 Å². The minimum atomic E-state index is -3.83. The second kappa shape index (κ2) is 13.5. The Balaban J connectivity index is 2.06. The molecular weight excluding hydrogens is 602 g/mol. The number of carbonyl (C=O) groups excluding carboxylic acids is 2. The van der Waals surface area contributed by atoms with Crippen LogP contribution in [0.3, 0.4) is 0 Å². The molecule has 1 atom stereocenters. The first-order valence-corrected chi connectivity index (χ1v) is 15.5. The number of rotatable bonds is 11. The van der Waals surface area contributed by atoms with E-state index in [-0.39, 0.29) is 24.9 Å². The normalized spacial score (nSPS) is 12.2. The van der Waals surface area contributed by atoms with Crippen LogP contribution < -0.4 is 9.62 Å². The molecule has 0 radical (unpaired) electrons. The molecule has 0 heterocycles. The Morgan fingerprint density at radius 3 is 2.18 bits per heavy atom. The largest absolute Gasteiger partial charge is 0.352 e. The molecule has 0 aliphatic heterocycles. The van der Waals surface area contributed by atoms with Crippen molar-refractivity contribution in [2.24, 2.45) is 0 Å². The zero-order valence-electron chi connectivity index (χ0n) is 22.4. The van der Waals surface area contributed by atoms with Crippen molar-refractivity contribution in [3.05, 3.63) is 99.0 Å². The van der Waals surface area contributed by atoms with Gasteiger partial charge in [-0.3, -0.25) is 13.9 Å². The van der Waals surface area contributed by atoms with E-state index in [1.54, 1.807) is 42.5 Å². The smallest absolute Gasteiger partial charge is 0.244 e. The molecule has 1 N–H and O–H groups in total. The van der Waals surface area contributed by atoms with Crippen molar-refractivity contribution in [1.29, 1.82) is 0 Å². The van der Waals surface area contributed by atoms with E-state index in [0.29, 0.717) is 10.7 Å². The first-order valence-electron chi connectivity index (χ1n) is 12.5. The number of halogens is 2. The summed E-state index contributed by atoms with van der Waals surface area (Å²) in [5.41, 5.74) is 2.82. The van der Waals surface area contributed by atoms with E-state index in [1.807, 2.05) is 51.1 Å². The van der Waals surface area contributed by atoms with Crippen LogP contribution in [0, 0.1) is 6.92 Å². The maximum atomic E-state index is 14.0. The number of nitrogens with zero attached hydrogens (tertiary/aromatic N) is 2. The zero-order chi connectivity index (χ0) is 28.7. The van der Waals surface area contributed by atoms with Crippen LogP contribution >= 0.6 is 27.5 Å². The fraction of sp³-hybridized carbons (Fsp3) is 0.310. The van der Waals surface area contributed by atoms with E-state index in [4.69, 9.17) is 11.6 Å². The van der Waals surface area contributed by atoms with Crippen molar-refractivity contribution in [2.45, 2.75) is 45.8 Å². The average Bonchev–Trinajstić information content (AvgIpc) is 2.87. The fourth-order valence-electron chi connectivity index (χ4n) is 4.12. The van der Waals surface area contributed by atoms with Crippen LogP contribution in [0.25, 0.3) is 0 Å². The van der Waals surface area contributed by atoms with Gasteiger partial charge in [-0.1, -0.05) is 70.0 Å². The highest BCUT2D eigenvalue weighted by molar-refractivity contribution is 9.10. The first kappa shape index (κ1) is 30.7. The van der Waals surface area contributed by atoms with Gasteiger partial charge in [0.25, 0.3) is 0 Å². The van der Waals surface area contributed by atoms with Crippen molar-refractivity contribution >= 4 is 55.1 Å². The van der Waals surface area contributed by atoms with Crippen molar-refractivity contribution in [3.63, 3.8) is 0 Å².